The van der Waals surface area contributed by atoms with Gasteiger partial charge in [0.25, 0.3) is 0 Å². The smallest absolute Gasteiger partial charge is 0.216 e. The molecule has 1 fully saturated rings. The van der Waals surface area contributed by atoms with Crippen molar-refractivity contribution in [1.82, 2.24) is 10.2 Å². The Bertz CT molecular complexity index is 566. The molecule has 1 amide bonds. The Labute approximate surface area is 148 Å². The van der Waals surface area contributed by atoms with Crippen molar-refractivity contribution >= 4 is 23.5 Å². The van der Waals surface area contributed by atoms with Gasteiger partial charge in [-0.15, -0.1) is 11.8 Å². The Morgan fingerprint density at radius 2 is 1.83 bits per heavy atom. The summed E-state index contributed by atoms with van der Waals surface area (Å²) >= 11 is 1.67. The summed E-state index contributed by atoms with van der Waals surface area (Å²) in [5.74, 6) is 0.938. The van der Waals surface area contributed by atoms with Crippen LogP contribution < -0.4 is 5.32 Å². The summed E-state index contributed by atoms with van der Waals surface area (Å²) in [5, 5.41) is 2.77. The van der Waals surface area contributed by atoms with Crippen LogP contribution in [0.5, 0.6) is 0 Å². The third kappa shape index (κ3) is 5.06. The summed E-state index contributed by atoms with van der Waals surface area (Å²) in [6.07, 6.45) is 0. The zero-order valence-corrected chi connectivity index (χ0v) is 15.4. The van der Waals surface area contributed by atoms with E-state index < -0.39 is 5.54 Å². The number of ketones is 1. The van der Waals surface area contributed by atoms with Crippen molar-refractivity contribution in [2.45, 2.75) is 31.2 Å². The van der Waals surface area contributed by atoms with E-state index in [1.165, 1.54) is 6.92 Å². The zero-order chi connectivity index (χ0) is 17.6. The highest BCUT2D eigenvalue weighted by molar-refractivity contribution is 7.99. The van der Waals surface area contributed by atoms with E-state index in [1.54, 1.807) is 11.8 Å². The summed E-state index contributed by atoms with van der Waals surface area (Å²) in [6, 6.07) is 7.73. The summed E-state index contributed by atoms with van der Waals surface area (Å²) in [6.45, 7) is 9.06. The molecule has 5 nitrogen and oxygen atoms in total. The van der Waals surface area contributed by atoms with Gasteiger partial charge in [0.2, 0.25) is 5.91 Å². The first kappa shape index (κ1) is 19.0. The average Bonchev–Trinajstić information content (AvgIpc) is 2.59. The van der Waals surface area contributed by atoms with Gasteiger partial charge in [0.15, 0.2) is 5.78 Å². The topological polar surface area (TPSA) is 58.6 Å². The molecule has 0 saturated carbocycles. The molecule has 0 aliphatic carbocycles. The van der Waals surface area contributed by atoms with Gasteiger partial charge in [0, 0.05) is 42.8 Å². The monoisotopic (exact) mass is 350 g/mol. The molecule has 24 heavy (non-hydrogen) atoms. The molecule has 6 heteroatoms. The predicted molar refractivity (Wildman–Crippen MR) is 96.7 cm³/mol. The molecule has 0 unspecified atom stereocenters. The number of hydrogen-bond donors (Lipinski definition) is 1. The first-order valence-corrected chi connectivity index (χ1v) is 9.24. The summed E-state index contributed by atoms with van der Waals surface area (Å²) in [5.41, 5.74) is 0.210. The predicted octanol–water partition coefficient (Wildman–Crippen LogP) is 2.21. The summed E-state index contributed by atoms with van der Waals surface area (Å²) in [4.78, 5) is 27.0. The van der Waals surface area contributed by atoms with Crippen LogP contribution in [-0.2, 0) is 9.53 Å². The van der Waals surface area contributed by atoms with E-state index in [2.05, 4.69) is 10.2 Å². The van der Waals surface area contributed by atoms with Crippen molar-refractivity contribution in [2.24, 2.45) is 0 Å². The van der Waals surface area contributed by atoms with Crippen LogP contribution >= 0.6 is 11.8 Å². The van der Waals surface area contributed by atoms with E-state index in [-0.39, 0.29) is 11.7 Å². The number of hydrogen-bond acceptors (Lipinski definition) is 5. The zero-order valence-electron chi connectivity index (χ0n) is 14.6. The van der Waals surface area contributed by atoms with Gasteiger partial charge in [-0.2, -0.15) is 0 Å². The number of benzene rings is 1. The molecule has 2 rings (SSSR count). The molecule has 0 atom stereocenters. The van der Waals surface area contributed by atoms with Crippen molar-refractivity contribution in [3.05, 3.63) is 29.8 Å². The van der Waals surface area contributed by atoms with Gasteiger partial charge < -0.3 is 10.1 Å². The standard InChI is InChI=1S/C18H26N2O3S/c1-14(21)19-8-13-24-16-6-4-15(5-7-16)17(22)18(2,3)20-9-11-23-12-10-20/h4-7H,8-13H2,1-3H3,(H,19,21). The van der Waals surface area contributed by atoms with Gasteiger partial charge in [-0.05, 0) is 26.0 Å². The molecule has 1 aromatic carbocycles. The van der Waals surface area contributed by atoms with Crippen molar-refractivity contribution in [3.63, 3.8) is 0 Å². The first-order valence-electron chi connectivity index (χ1n) is 8.26. The summed E-state index contributed by atoms with van der Waals surface area (Å²) in [7, 11) is 0. The minimum atomic E-state index is -0.524. The number of ether oxygens (including phenoxy) is 1. The van der Waals surface area contributed by atoms with Crippen molar-refractivity contribution < 1.29 is 14.3 Å². The lowest BCUT2D eigenvalue weighted by atomic mass is 9.91. The molecule has 0 radical (unpaired) electrons. The number of carbonyl (C=O) groups is 2. The molecule has 1 heterocycles. The molecule has 0 spiro atoms. The van der Waals surface area contributed by atoms with Gasteiger partial charge in [-0.1, -0.05) is 12.1 Å². The van der Waals surface area contributed by atoms with Gasteiger partial charge in [0.05, 0.1) is 18.8 Å². The van der Waals surface area contributed by atoms with Gasteiger partial charge in [0.1, 0.15) is 0 Å². The van der Waals surface area contributed by atoms with Crippen molar-refractivity contribution in [3.8, 4) is 0 Å². The van der Waals surface area contributed by atoms with Gasteiger partial charge >= 0.3 is 0 Å². The second-order valence-electron chi connectivity index (χ2n) is 6.34. The Kier molecular flexibility index (Phi) is 6.83. The Balaban J connectivity index is 1.93. The number of morpholine rings is 1. The highest BCUT2D eigenvalue weighted by Crippen LogP contribution is 2.24. The molecule has 1 aliphatic rings. The molecule has 0 aromatic heterocycles. The number of Topliss-reactive ketones (excluding diaryl/α,β-unsaturated/α-hetero) is 1. The third-order valence-corrected chi connectivity index (χ3v) is 5.23. The lowest BCUT2D eigenvalue weighted by molar-refractivity contribution is -0.118. The number of rotatable bonds is 7. The Morgan fingerprint density at radius 1 is 1.21 bits per heavy atom. The second-order valence-corrected chi connectivity index (χ2v) is 7.51. The van der Waals surface area contributed by atoms with E-state index >= 15 is 0 Å². The SMILES string of the molecule is CC(=O)NCCSc1ccc(C(=O)C(C)(C)N2CCOCC2)cc1. The fourth-order valence-electron chi connectivity index (χ4n) is 2.72. The minimum absolute atomic E-state index is 0.0121. The van der Waals surface area contributed by atoms with Crippen LogP contribution in [0.3, 0.4) is 0 Å². The van der Waals surface area contributed by atoms with E-state index in [0.717, 1.165) is 29.3 Å². The number of amides is 1. The maximum absolute atomic E-state index is 12.9. The molecule has 1 saturated heterocycles. The fraction of sp³-hybridized carbons (Fsp3) is 0.556. The first-order chi connectivity index (χ1) is 11.4. The number of nitrogens with one attached hydrogen (secondary N) is 1. The lowest BCUT2D eigenvalue weighted by Crippen LogP contribution is -2.54. The average molecular weight is 350 g/mol. The maximum Gasteiger partial charge on any atom is 0.216 e. The molecule has 132 valence electrons. The van der Waals surface area contributed by atoms with Crippen LogP contribution in [0.15, 0.2) is 29.2 Å². The largest absolute Gasteiger partial charge is 0.379 e. The molecule has 0 bridgehead atoms. The van der Waals surface area contributed by atoms with Crippen LogP contribution in [0.25, 0.3) is 0 Å². The van der Waals surface area contributed by atoms with E-state index in [1.807, 2.05) is 38.1 Å². The third-order valence-electron chi connectivity index (χ3n) is 4.22. The van der Waals surface area contributed by atoms with Crippen LogP contribution in [-0.4, -0.2) is 60.7 Å². The fourth-order valence-corrected chi connectivity index (χ4v) is 3.49. The number of nitrogens with zero attached hydrogens (tertiary/aromatic N) is 1. The highest BCUT2D eigenvalue weighted by Gasteiger charge is 2.35. The van der Waals surface area contributed by atoms with Crippen molar-refractivity contribution in [2.75, 3.05) is 38.6 Å². The molecule has 1 N–H and O–H groups in total. The molecule has 1 aromatic rings. The summed E-state index contributed by atoms with van der Waals surface area (Å²) < 4.78 is 5.38. The van der Waals surface area contributed by atoms with E-state index in [4.69, 9.17) is 4.74 Å². The Hall–Kier alpha value is -1.37. The van der Waals surface area contributed by atoms with Crippen LogP contribution in [0.2, 0.25) is 0 Å². The lowest BCUT2D eigenvalue weighted by Gasteiger charge is -2.39. The minimum Gasteiger partial charge on any atom is -0.379 e. The van der Waals surface area contributed by atoms with Gasteiger partial charge in [-0.3, -0.25) is 14.5 Å². The highest BCUT2D eigenvalue weighted by atomic mass is 32.2. The maximum atomic E-state index is 12.9. The van der Waals surface area contributed by atoms with E-state index in [0.29, 0.717) is 19.8 Å². The molecular weight excluding hydrogens is 324 g/mol. The molecular formula is C18H26N2O3S. The van der Waals surface area contributed by atoms with Crippen LogP contribution in [0.4, 0.5) is 0 Å². The Morgan fingerprint density at radius 3 is 2.42 bits per heavy atom. The quantitative estimate of drug-likeness (QED) is 0.464. The van der Waals surface area contributed by atoms with Crippen LogP contribution in [0, 0.1) is 0 Å². The van der Waals surface area contributed by atoms with E-state index in [9.17, 15) is 9.59 Å². The second kappa shape index (κ2) is 8.65. The van der Waals surface area contributed by atoms with Crippen LogP contribution in [0.1, 0.15) is 31.1 Å². The number of thioether (sulfide) groups is 1. The number of carbonyl (C=O) groups excluding carboxylic acids is 2. The normalized spacial score (nSPS) is 16.0. The molecule has 1 aliphatic heterocycles. The van der Waals surface area contributed by atoms with Crippen molar-refractivity contribution in [1.29, 1.82) is 0 Å². The van der Waals surface area contributed by atoms with Gasteiger partial charge in [-0.25, -0.2) is 0 Å².